The van der Waals surface area contributed by atoms with Crippen LogP contribution >= 0.6 is 0 Å². The van der Waals surface area contributed by atoms with E-state index in [2.05, 4.69) is 15.5 Å². The van der Waals surface area contributed by atoms with Crippen LogP contribution < -0.4 is 19.7 Å². The lowest BCUT2D eigenvalue weighted by molar-refractivity contribution is -0.138. The van der Waals surface area contributed by atoms with Gasteiger partial charge in [-0.05, 0) is 56.5 Å². The maximum Gasteiger partial charge on any atom is 0.420 e. The average molecular weight is 602 g/mol. The second-order valence-corrected chi connectivity index (χ2v) is 11.0. The molecular weight excluding hydrogens is 567 g/mol. The summed E-state index contributed by atoms with van der Waals surface area (Å²) in [6, 6.07) is 14.0. The molecule has 230 valence electrons. The number of benzene rings is 2. The Morgan fingerprint density at radius 3 is 2.40 bits per heavy atom. The first kappa shape index (κ1) is 31.4. The van der Waals surface area contributed by atoms with Gasteiger partial charge in [0, 0.05) is 38.3 Å². The number of methoxy groups -OCH3 is 1. The zero-order chi connectivity index (χ0) is 31.4. The van der Waals surface area contributed by atoms with Crippen LogP contribution in [0, 0.1) is 0 Å². The summed E-state index contributed by atoms with van der Waals surface area (Å²) in [6.45, 7) is 5.92. The normalized spacial score (nSPS) is 13.6. The first-order valence-electron chi connectivity index (χ1n) is 13.6. The molecule has 0 radical (unpaired) electrons. The number of fused-ring (bicyclic) bond motifs is 1. The molecule has 13 heteroatoms. The Morgan fingerprint density at radius 1 is 1.07 bits per heavy atom. The zero-order valence-electron chi connectivity index (χ0n) is 24.6. The highest BCUT2D eigenvalue weighted by atomic mass is 19.4. The molecule has 0 saturated heterocycles. The monoisotopic (exact) mass is 601 g/mol. The third-order valence-corrected chi connectivity index (χ3v) is 6.59. The molecule has 2 heterocycles. The van der Waals surface area contributed by atoms with Crippen LogP contribution in [0.15, 0.2) is 54.6 Å². The molecule has 1 aliphatic rings. The van der Waals surface area contributed by atoms with E-state index in [1.807, 2.05) is 30.3 Å². The second kappa shape index (κ2) is 12.8. The number of halogens is 3. The minimum Gasteiger partial charge on any atom is -0.496 e. The third-order valence-electron chi connectivity index (χ3n) is 6.59. The Morgan fingerprint density at radius 2 is 1.79 bits per heavy atom. The van der Waals surface area contributed by atoms with Crippen molar-refractivity contribution in [3.8, 4) is 11.6 Å². The minimum absolute atomic E-state index is 0.0938. The number of nitrogens with zero attached hydrogens (tertiary/aromatic N) is 4. The lowest BCUT2D eigenvalue weighted by Crippen LogP contribution is -2.35. The molecule has 0 saturated carbocycles. The van der Waals surface area contributed by atoms with Crippen LogP contribution in [0.1, 0.15) is 50.0 Å². The molecule has 0 unspecified atom stereocenters. The summed E-state index contributed by atoms with van der Waals surface area (Å²) in [5, 5.41) is 10.7. The standard InChI is InChI=1S/C30H34F3N5O5/c1-29(2,3)43-28(40)37(4)15-14-23(19-9-7-6-8-10-19)42-26-12-11-25(35-36-26)34-27(39)38-16-13-20-17-24(41-5)21(18-22(20)38)30(31,32)33/h6-12,17-18,23H,13-16H2,1-5H3,(H,34,35,39)/t23-/m1/s1. The number of ether oxygens (including phenoxy) is 3. The SMILES string of the molecule is COc1cc2c(cc1C(F)(F)F)N(C(=O)Nc1ccc(O[C@H](CCN(C)C(=O)OC(C)(C)C)c3ccccc3)nn1)CC2. The molecule has 3 aromatic rings. The number of carbonyl (C=O) groups excluding carboxylic acids is 2. The summed E-state index contributed by atoms with van der Waals surface area (Å²) in [6.07, 6.45) is -4.76. The molecule has 10 nitrogen and oxygen atoms in total. The van der Waals surface area contributed by atoms with Crippen LogP contribution in [-0.2, 0) is 17.3 Å². The van der Waals surface area contributed by atoms with Gasteiger partial charge in [-0.3, -0.25) is 10.2 Å². The van der Waals surface area contributed by atoms with Gasteiger partial charge in [-0.2, -0.15) is 13.2 Å². The number of alkyl halides is 3. The summed E-state index contributed by atoms with van der Waals surface area (Å²) in [5.41, 5.74) is 0.00651. The number of aromatic nitrogens is 2. The lowest BCUT2D eigenvalue weighted by atomic mass is 10.1. The lowest BCUT2D eigenvalue weighted by Gasteiger charge is -2.26. The van der Waals surface area contributed by atoms with Crippen LogP contribution in [0.25, 0.3) is 0 Å². The molecular formula is C30H34F3N5O5. The maximum absolute atomic E-state index is 13.5. The van der Waals surface area contributed by atoms with Gasteiger partial charge >= 0.3 is 18.3 Å². The van der Waals surface area contributed by atoms with Crippen molar-refractivity contribution in [2.24, 2.45) is 0 Å². The fourth-order valence-electron chi connectivity index (χ4n) is 4.49. The maximum atomic E-state index is 13.5. The van der Waals surface area contributed by atoms with Crippen molar-refractivity contribution in [1.82, 2.24) is 15.1 Å². The van der Waals surface area contributed by atoms with Gasteiger partial charge in [0.25, 0.3) is 0 Å². The van der Waals surface area contributed by atoms with Crippen LogP contribution in [0.3, 0.4) is 0 Å². The molecule has 4 rings (SSSR count). The Balaban J connectivity index is 1.43. The van der Waals surface area contributed by atoms with E-state index in [-0.39, 0.29) is 29.7 Å². The molecule has 0 fully saturated rings. The third kappa shape index (κ3) is 8.05. The molecule has 0 spiro atoms. The number of hydrogen-bond acceptors (Lipinski definition) is 7. The molecule has 0 bridgehead atoms. The number of carbonyl (C=O) groups is 2. The van der Waals surface area contributed by atoms with E-state index in [1.165, 1.54) is 35.1 Å². The number of nitrogens with one attached hydrogen (secondary N) is 1. The van der Waals surface area contributed by atoms with Gasteiger partial charge in [0.05, 0.1) is 12.7 Å². The average Bonchev–Trinajstić information content (AvgIpc) is 3.37. The summed E-state index contributed by atoms with van der Waals surface area (Å²) in [5.74, 6) is -0.0169. The van der Waals surface area contributed by atoms with E-state index in [0.717, 1.165) is 11.6 Å². The summed E-state index contributed by atoms with van der Waals surface area (Å²) in [4.78, 5) is 28.1. The topological polar surface area (TPSA) is 106 Å². The van der Waals surface area contributed by atoms with Gasteiger partial charge < -0.3 is 19.1 Å². The van der Waals surface area contributed by atoms with Crippen molar-refractivity contribution in [2.75, 3.05) is 37.5 Å². The molecule has 1 atom stereocenters. The van der Waals surface area contributed by atoms with Crippen molar-refractivity contribution < 1.29 is 37.0 Å². The van der Waals surface area contributed by atoms with Gasteiger partial charge in [0.2, 0.25) is 5.88 Å². The summed E-state index contributed by atoms with van der Waals surface area (Å²) >= 11 is 0. The first-order chi connectivity index (χ1) is 20.2. The second-order valence-electron chi connectivity index (χ2n) is 11.0. The number of anilines is 2. The predicted molar refractivity (Wildman–Crippen MR) is 153 cm³/mol. The number of amides is 3. The van der Waals surface area contributed by atoms with E-state index in [1.54, 1.807) is 27.8 Å². The molecule has 1 aromatic heterocycles. The van der Waals surface area contributed by atoms with E-state index >= 15 is 0 Å². The molecule has 1 N–H and O–H groups in total. The van der Waals surface area contributed by atoms with Crippen molar-refractivity contribution in [3.05, 3.63) is 71.3 Å². The summed E-state index contributed by atoms with van der Waals surface area (Å²) in [7, 11) is 2.82. The molecule has 43 heavy (non-hydrogen) atoms. The number of rotatable bonds is 8. The van der Waals surface area contributed by atoms with Gasteiger partial charge in [0.1, 0.15) is 17.5 Å². The molecule has 0 aliphatic carbocycles. The fourth-order valence-corrected chi connectivity index (χ4v) is 4.49. The van der Waals surface area contributed by atoms with Gasteiger partial charge in [-0.1, -0.05) is 30.3 Å². The number of urea groups is 1. The van der Waals surface area contributed by atoms with Crippen LogP contribution in [-0.4, -0.2) is 60.1 Å². The van der Waals surface area contributed by atoms with Crippen molar-refractivity contribution in [2.45, 2.75) is 51.5 Å². The minimum atomic E-state index is -4.64. The van der Waals surface area contributed by atoms with Crippen molar-refractivity contribution in [1.29, 1.82) is 0 Å². The van der Waals surface area contributed by atoms with Crippen LogP contribution in [0.4, 0.5) is 34.3 Å². The quantitative estimate of drug-likeness (QED) is 0.315. The van der Waals surface area contributed by atoms with E-state index in [4.69, 9.17) is 14.2 Å². The molecule has 1 aliphatic heterocycles. The molecule has 3 amide bonds. The van der Waals surface area contributed by atoms with Crippen molar-refractivity contribution >= 4 is 23.6 Å². The van der Waals surface area contributed by atoms with E-state index < -0.39 is 35.6 Å². The fraction of sp³-hybridized carbons (Fsp3) is 0.400. The largest absolute Gasteiger partial charge is 0.496 e. The van der Waals surface area contributed by atoms with Crippen LogP contribution in [0.5, 0.6) is 11.6 Å². The smallest absolute Gasteiger partial charge is 0.420 e. The van der Waals surface area contributed by atoms with Gasteiger partial charge in [0.15, 0.2) is 5.82 Å². The first-order valence-corrected chi connectivity index (χ1v) is 13.6. The van der Waals surface area contributed by atoms with Gasteiger partial charge in [-0.15, -0.1) is 10.2 Å². The summed E-state index contributed by atoms with van der Waals surface area (Å²) < 4.78 is 57.1. The zero-order valence-corrected chi connectivity index (χ0v) is 24.6. The predicted octanol–water partition coefficient (Wildman–Crippen LogP) is 6.48. The molecule has 2 aromatic carbocycles. The number of hydrogen-bond donors (Lipinski definition) is 1. The van der Waals surface area contributed by atoms with E-state index in [0.29, 0.717) is 24.9 Å². The highest BCUT2D eigenvalue weighted by molar-refractivity contribution is 6.02. The van der Waals surface area contributed by atoms with E-state index in [9.17, 15) is 22.8 Å². The van der Waals surface area contributed by atoms with Crippen molar-refractivity contribution in [3.63, 3.8) is 0 Å². The Bertz CT molecular complexity index is 1430. The highest BCUT2D eigenvalue weighted by Crippen LogP contribution is 2.42. The Labute approximate surface area is 247 Å². The Kier molecular flexibility index (Phi) is 9.31. The highest BCUT2D eigenvalue weighted by Gasteiger charge is 2.37. The van der Waals surface area contributed by atoms with Crippen LogP contribution in [0.2, 0.25) is 0 Å². The Hall–Kier alpha value is -4.55. The van der Waals surface area contributed by atoms with Gasteiger partial charge in [-0.25, -0.2) is 9.59 Å².